The van der Waals surface area contributed by atoms with Crippen LogP contribution in [0.15, 0.2) is 112 Å². The summed E-state index contributed by atoms with van der Waals surface area (Å²) in [6.07, 6.45) is 1.74. The van der Waals surface area contributed by atoms with E-state index in [0.717, 1.165) is 0 Å². The van der Waals surface area contributed by atoms with Gasteiger partial charge in [-0.05, 0) is 66.1 Å². The number of fused-ring (bicyclic) bond motifs is 1. The van der Waals surface area contributed by atoms with Gasteiger partial charge in [-0.2, -0.15) is 0 Å². The summed E-state index contributed by atoms with van der Waals surface area (Å²) in [6, 6.07) is 27.3. The molecule has 0 saturated carbocycles. The summed E-state index contributed by atoms with van der Waals surface area (Å²) < 4.78 is 19.0. The van der Waals surface area contributed by atoms with Gasteiger partial charge in [-0.25, -0.2) is 14.6 Å². The second-order valence-electron chi connectivity index (χ2n) is 10.7. The van der Waals surface area contributed by atoms with E-state index in [-0.39, 0.29) is 29.9 Å². The fourth-order valence-corrected chi connectivity index (χ4v) is 6.53. The number of aromatic nitrogens is 1. The molecule has 1 aromatic heterocycles. The number of rotatable bonds is 10. The van der Waals surface area contributed by atoms with Gasteiger partial charge in [-0.15, -0.1) is 0 Å². The lowest BCUT2D eigenvalue weighted by Crippen LogP contribution is -2.40. The number of ether oxygens (including phenoxy) is 3. The zero-order chi connectivity index (χ0) is 33.8. The lowest BCUT2D eigenvalue weighted by Gasteiger charge is -2.25. The van der Waals surface area contributed by atoms with Crippen LogP contribution in [0.1, 0.15) is 45.6 Å². The van der Waals surface area contributed by atoms with Crippen LogP contribution in [0, 0.1) is 0 Å². The Morgan fingerprint density at radius 1 is 0.979 bits per heavy atom. The van der Waals surface area contributed by atoms with Crippen molar-refractivity contribution < 1.29 is 28.9 Å². The molecule has 0 aliphatic carbocycles. The van der Waals surface area contributed by atoms with E-state index >= 15 is 0 Å². The van der Waals surface area contributed by atoms with Crippen LogP contribution >= 0.6 is 22.9 Å². The van der Waals surface area contributed by atoms with Crippen molar-refractivity contribution in [3.8, 4) is 11.5 Å². The van der Waals surface area contributed by atoms with Crippen LogP contribution in [0.25, 0.3) is 11.8 Å². The van der Waals surface area contributed by atoms with Crippen molar-refractivity contribution in [2.75, 3.05) is 13.7 Å². The smallest absolute Gasteiger partial charge is 0.338 e. The molecule has 0 unspecified atom stereocenters. The van der Waals surface area contributed by atoms with Gasteiger partial charge < -0.3 is 19.3 Å². The van der Waals surface area contributed by atoms with Crippen LogP contribution in [0.2, 0.25) is 5.02 Å². The van der Waals surface area contributed by atoms with E-state index in [1.807, 2.05) is 30.3 Å². The number of hydrogen-bond acceptors (Lipinski definition) is 8. The van der Waals surface area contributed by atoms with Crippen LogP contribution in [-0.4, -0.2) is 35.3 Å². The number of carboxylic acids is 1. The third kappa shape index (κ3) is 6.67. The molecule has 0 saturated heterocycles. The number of methoxy groups -OCH3 is 1. The Morgan fingerprint density at radius 2 is 1.75 bits per heavy atom. The van der Waals surface area contributed by atoms with Crippen LogP contribution in [0.4, 0.5) is 0 Å². The molecule has 6 rings (SSSR count). The van der Waals surface area contributed by atoms with Gasteiger partial charge in [0.2, 0.25) is 0 Å². The van der Waals surface area contributed by atoms with Crippen LogP contribution in [0.5, 0.6) is 11.5 Å². The number of carbonyl (C=O) groups excluding carboxylic acids is 1. The molecule has 0 bridgehead atoms. The Balaban J connectivity index is 1.44. The van der Waals surface area contributed by atoms with Gasteiger partial charge in [-0.3, -0.25) is 9.36 Å². The number of benzene rings is 4. The summed E-state index contributed by atoms with van der Waals surface area (Å²) in [4.78, 5) is 44.4. The third-order valence-corrected chi connectivity index (χ3v) is 8.85. The highest BCUT2D eigenvalue weighted by Crippen LogP contribution is 2.35. The number of aromatic carboxylic acids is 1. The normalized spacial score (nSPS) is 14.2. The Kier molecular flexibility index (Phi) is 9.56. The van der Waals surface area contributed by atoms with Crippen molar-refractivity contribution >= 4 is 46.6 Å². The first-order valence-electron chi connectivity index (χ1n) is 14.9. The third-order valence-electron chi connectivity index (χ3n) is 7.61. The van der Waals surface area contributed by atoms with E-state index in [2.05, 4.69) is 0 Å². The molecule has 0 spiro atoms. The lowest BCUT2D eigenvalue weighted by molar-refractivity contribution is -0.138. The molecule has 48 heavy (non-hydrogen) atoms. The van der Waals surface area contributed by atoms with Gasteiger partial charge in [0.15, 0.2) is 16.3 Å². The predicted octanol–water partition coefficient (Wildman–Crippen LogP) is 5.87. The number of thiazole rings is 1. The van der Waals surface area contributed by atoms with Gasteiger partial charge in [0.05, 0.1) is 41.1 Å². The average molecular weight is 681 g/mol. The molecule has 11 heteroatoms. The minimum atomic E-state index is -1.02. The molecule has 0 fully saturated rings. The summed E-state index contributed by atoms with van der Waals surface area (Å²) in [5.74, 6) is -0.701. The number of nitrogens with zero attached hydrogens (tertiary/aromatic N) is 2. The average Bonchev–Trinajstić information content (AvgIpc) is 3.41. The molecule has 1 aliphatic rings. The van der Waals surface area contributed by atoms with Crippen molar-refractivity contribution in [2.24, 2.45) is 4.99 Å². The van der Waals surface area contributed by atoms with Gasteiger partial charge >= 0.3 is 11.9 Å². The second-order valence-corrected chi connectivity index (χ2v) is 12.1. The maximum atomic E-state index is 14.2. The SMILES string of the molecule is CCOC(=O)C1=C(c2ccccc2)N=c2s/c(=C\c3ccc(OCc4cccc(C(=O)O)c4)c(OC)c3)c(=O)n2[C@@H]1c1ccc(Cl)cc1. The molecule has 1 N–H and O–H groups in total. The zero-order valence-corrected chi connectivity index (χ0v) is 27.5. The molecule has 9 nitrogen and oxygen atoms in total. The Labute approximate surface area is 284 Å². The topological polar surface area (TPSA) is 116 Å². The fraction of sp³-hybridized carbons (Fsp3) is 0.135. The molecular weight excluding hydrogens is 652 g/mol. The maximum Gasteiger partial charge on any atom is 0.338 e. The molecule has 0 radical (unpaired) electrons. The zero-order valence-electron chi connectivity index (χ0n) is 25.9. The quantitative estimate of drug-likeness (QED) is 0.183. The highest BCUT2D eigenvalue weighted by Gasteiger charge is 2.35. The summed E-state index contributed by atoms with van der Waals surface area (Å²) in [7, 11) is 1.51. The molecular formula is C37H29ClN2O7S. The number of esters is 1. The second kappa shape index (κ2) is 14.1. The van der Waals surface area contributed by atoms with Crippen molar-refractivity contribution in [3.63, 3.8) is 0 Å². The monoisotopic (exact) mass is 680 g/mol. The van der Waals surface area contributed by atoms with Crippen LogP contribution in [0.3, 0.4) is 0 Å². The Bertz CT molecular complexity index is 2220. The van der Waals surface area contributed by atoms with E-state index in [1.165, 1.54) is 29.1 Å². The summed E-state index contributed by atoms with van der Waals surface area (Å²) in [6.45, 7) is 2.01. The predicted molar refractivity (Wildman–Crippen MR) is 183 cm³/mol. The number of hydrogen-bond donors (Lipinski definition) is 1. The molecule has 4 aromatic carbocycles. The Morgan fingerprint density at radius 3 is 2.46 bits per heavy atom. The van der Waals surface area contributed by atoms with Gasteiger partial charge in [0.1, 0.15) is 6.61 Å². The molecule has 5 aromatic rings. The summed E-state index contributed by atoms with van der Waals surface area (Å²) in [5, 5.41) is 9.81. The van der Waals surface area contributed by atoms with Gasteiger partial charge in [0, 0.05) is 10.6 Å². The number of carboxylic acid groups (broad SMARTS) is 1. The van der Waals surface area contributed by atoms with E-state index in [1.54, 1.807) is 73.7 Å². The lowest BCUT2D eigenvalue weighted by atomic mass is 9.93. The van der Waals surface area contributed by atoms with Gasteiger partial charge in [-0.1, -0.05) is 83.6 Å². The first kappa shape index (κ1) is 32.5. The Hall–Kier alpha value is -5.45. The van der Waals surface area contributed by atoms with E-state index in [0.29, 0.717) is 53.8 Å². The highest BCUT2D eigenvalue weighted by molar-refractivity contribution is 7.07. The molecule has 1 aliphatic heterocycles. The van der Waals surface area contributed by atoms with Crippen LogP contribution in [-0.2, 0) is 16.1 Å². The minimum Gasteiger partial charge on any atom is -0.493 e. The van der Waals surface area contributed by atoms with Crippen LogP contribution < -0.4 is 24.4 Å². The van der Waals surface area contributed by atoms with Gasteiger partial charge in [0.25, 0.3) is 5.56 Å². The summed E-state index contributed by atoms with van der Waals surface area (Å²) >= 11 is 7.43. The van der Waals surface area contributed by atoms with Crippen molar-refractivity contribution in [1.29, 1.82) is 0 Å². The number of carbonyl (C=O) groups is 2. The van der Waals surface area contributed by atoms with E-state index in [9.17, 15) is 19.5 Å². The largest absolute Gasteiger partial charge is 0.493 e. The molecule has 2 heterocycles. The van der Waals surface area contributed by atoms with Crippen molar-refractivity contribution in [2.45, 2.75) is 19.6 Å². The van der Waals surface area contributed by atoms with E-state index < -0.39 is 18.0 Å². The molecule has 242 valence electrons. The summed E-state index contributed by atoms with van der Waals surface area (Å²) in [5.41, 5.74) is 3.28. The first-order chi connectivity index (χ1) is 23.3. The highest BCUT2D eigenvalue weighted by atomic mass is 35.5. The minimum absolute atomic E-state index is 0.132. The standard InChI is InChI=1S/C37H29ClN2O7S/c1-3-46-36(44)31-32(24-9-5-4-6-10-24)39-37-40(33(31)25-13-15-27(38)16-14-25)34(41)30(48-37)20-22-12-17-28(29(19-22)45-2)47-21-23-8-7-11-26(18-23)35(42)43/h4-20,33H,3,21H2,1-2H3,(H,42,43)/b30-20-/t33-/m1/s1. The fourth-order valence-electron chi connectivity index (χ4n) is 5.40. The molecule has 0 amide bonds. The van der Waals surface area contributed by atoms with Crippen molar-refractivity contribution in [3.05, 3.63) is 155 Å². The van der Waals surface area contributed by atoms with E-state index in [4.69, 9.17) is 30.8 Å². The maximum absolute atomic E-state index is 14.2. The first-order valence-corrected chi connectivity index (χ1v) is 16.1. The van der Waals surface area contributed by atoms with Crippen molar-refractivity contribution in [1.82, 2.24) is 4.57 Å². The molecule has 1 atom stereocenters. The number of halogens is 1.